The molecule has 0 bridgehead atoms. The van der Waals surface area contributed by atoms with E-state index in [-0.39, 0.29) is 5.95 Å². The summed E-state index contributed by atoms with van der Waals surface area (Å²) < 4.78 is 15.6. The Labute approximate surface area is 99.1 Å². The standard InChI is InChI=1S/C15H12FN/c16-15-10-13-8-4-5-9-14(13)17(15)11-12-6-2-1-3-7-12/h1-10H,11H2. The van der Waals surface area contributed by atoms with Crippen LogP contribution < -0.4 is 0 Å². The lowest BCUT2D eigenvalue weighted by molar-refractivity contribution is 0.524. The van der Waals surface area contributed by atoms with Crippen LogP contribution in [-0.2, 0) is 6.54 Å². The molecule has 84 valence electrons. The van der Waals surface area contributed by atoms with Gasteiger partial charge in [0.15, 0.2) is 5.95 Å². The van der Waals surface area contributed by atoms with Gasteiger partial charge in [0.25, 0.3) is 0 Å². The molecule has 1 nitrogen and oxygen atoms in total. The fourth-order valence-corrected chi connectivity index (χ4v) is 2.10. The number of hydrogen-bond donors (Lipinski definition) is 0. The average molecular weight is 225 g/mol. The third-order valence-corrected chi connectivity index (χ3v) is 2.94. The smallest absolute Gasteiger partial charge is 0.195 e. The molecule has 0 N–H and O–H groups in total. The van der Waals surface area contributed by atoms with Crippen LogP contribution in [0.4, 0.5) is 4.39 Å². The Morgan fingerprint density at radius 3 is 2.41 bits per heavy atom. The second kappa shape index (κ2) is 4.06. The van der Waals surface area contributed by atoms with Gasteiger partial charge in [-0.15, -0.1) is 0 Å². The predicted octanol–water partition coefficient (Wildman–Crippen LogP) is 3.83. The molecule has 0 radical (unpaired) electrons. The van der Waals surface area contributed by atoms with Crippen molar-refractivity contribution in [1.82, 2.24) is 4.57 Å². The molecule has 0 amide bonds. The van der Waals surface area contributed by atoms with E-state index in [9.17, 15) is 4.39 Å². The first-order valence-corrected chi connectivity index (χ1v) is 5.62. The van der Waals surface area contributed by atoms with E-state index >= 15 is 0 Å². The molecule has 0 aliphatic rings. The molecule has 0 aliphatic heterocycles. The molecule has 3 aromatic rings. The summed E-state index contributed by atoms with van der Waals surface area (Å²) in [6, 6.07) is 19.2. The molecule has 0 atom stereocenters. The van der Waals surface area contributed by atoms with Crippen molar-refractivity contribution in [3.8, 4) is 0 Å². The van der Waals surface area contributed by atoms with Crippen molar-refractivity contribution in [2.24, 2.45) is 0 Å². The van der Waals surface area contributed by atoms with Gasteiger partial charge in [0, 0.05) is 11.5 Å². The largest absolute Gasteiger partial charge is 0.313 e. The Bertz CT molecular complexity index is 640. The number of rotatable bonds is 2. The number of nitrogens with zero attached hydrogens (tertiary/aromatic N) is 1. The van der Waals surface area contributed by atoms with Gasteiger partial charge in [-0.25, -0.2) is 0 Å². The summed E-state index contributed by atoms with van der Waals surface area (Å²) in [5, 5.41) is 0.945. The van der Waals surface area contributed by atoms with Crippen LogP contribution in [0.1, 0.15) is 5.56 Å². The van der Waals surface area contributed by atoms with Crippen LogP contribution in [0.3, 0.4) is 0 Å². The van der Waals surface area contributed by atoms with Gasteiger partial charge < -0.3 is 4.57 Å². The lowest BCUT2D eigenvalue weighted by Gasteiger charge is -2.06. The Balaban J connectivity index is 2.08. The zero-order valence-corrected chi connectivity index (χ0v) is 9.31. The van der Waals surface area contributed by atoms with Gasteiger partial charge in [0.05, 0.1) is 12.1 Å². The van der Waals surface area contributed by atoms with Crippen molar-refractivity contribution in [2.45, 2.75) is 6.54 Å². The maximum Gasteiger partial charge on any atom is 0.195 e. The summed E-state index contributed by atoms with van der Waals surface area (Å²) in [5.74, 6) is -0.185. The monoisotopic (exact) mass is 225 g/mol. The van der Waals surface area contributed by atoms with Gasteiger partial charge >= 0.3 is 0 Å². The zero-order valence-electron chi connectivity index (χ0n) is 9.31. The molecule has 0 aliphatic carbocycles. The van der Waals surface area contributed by atoms with Crippen LogP contribution in [0.15, 0.2) is 60.7 Å². The minimum absolute atomic E-state index is 0.185. The highest BCUT2D eigenvalue weighted by Gasteiger charge is 2.07. The fourth-order valence-electron chi connectivity index (χ4n) is 2.10. The minimum atomic E-state index is -0.185. The Hall–Kier alpha value is -2.09. The Kier molecular flexibility index (Phi) is 2.41. The molecule has 0 unspecified atom stereocenters. The van der Waals surface area contributed by atoms with Crippen LogP contribution in [-0.4, -0.2) is 4.57 Å². The number of halogens is 1. The molecule has 0 saturated heterocycles. The van der Waals surface area contributed by atoms with Crippen molar-refractivity contribution in [3.05, 3.63) is 72.2 Å². The van der Waals surface area contributed by atoms with Gasteiger partial charge in [-0.05, 0) is 11.6 Å². The first-order valence-electron chi connectivity index (χ1n) is 5.62. The van der Waals surface area contributed by atoms with Crippen molar-refractivity contribution >= 4 is 10.9 Å². The van der Waals surface area contributed by atoms with Gasteiger partial charge in [0.2, 0.25) is 0 Å². The maximum absolute atomic E-state index is 13.9. The third-order valence-electron chi connectivity index (χ3n) is 2.94. The highest BCUT2D eigenvalue weighted by atomic mass is 19.1. The van der Waals surface area contributed by atoms with E-state index in [1.807, 2.05) is 54.6 Å². The van der Waals surface area contributed by atoms with Gasteiger partial charge in [0.1, 0.15) is 0 Å². The van der Waals surface area contributed by atoms with E-state index in [1.54, 1.807) is 10.6 Å². The topological polar surface area (TPSA) is 4.93 Å². The van der Waals surface area contributed by atoms with E-state index in [0.717, 1.165) is 16.5 Å². The van der Waals surface area contributed by atoms with Crippen LogP contribution in [0.2, 0.25) is 0 Å². The van der Waals surface area contributed by atoms with E-state index in [4.69, 9.17) is 0 Å². The summed E-state index contributed by atoms with van der Waals surface area (Å²) >= 11 is 0. The maximum atomic E-state index is 13.9. The molecule has 0 saturated carbocycles. The summed E-state index contributed by atoms with van der Waals surface area (Å²) in [5.41, 5.74) is 2.04. The van der Waals surface area contributed by atoms with Crippen molar-refractivity contribution < 1.29 is 4.39 Å². The highest BCUT2D eigenvalue weighted by Crippen LogP contribution is 2.19. The normalized spacial score (nSPS) is 10.9. The summed E-state index contributed by atoms with van der Waals surface area (Å²) in [7, 11) is 0. The SMILES string of the molecule is Fc1cc2ccccc2n1Cc1ccccc1. The van der Waals surface area contributed by atoms with E-state index in [0.29, 0.717) is 6.54 Å². The molecular weight excluding hydrogens is 213 g/mol. The molecule has 1 heterocycles. The lowest BCUT2D eigenvalue weighted by Crippen LogP contribution is -2.01. The van der Waals surface area contributed by atoms with E-state index < -0.39 is 0 Å². The fraction of sp³-hybridized carbons (Fsp3) is 0.0667. The van der Waals surface area contributed by atoms with Gasteiger partial charge in [-0.1, -0.05) is 48.5 Å². The summed E-state index contributed by atoms with van der Waals surface area (Å²) in [4.78, 5) is 0. The van der Waals surface area contributed by atoms with Crippen LogP contribution in [0, 0.1) is 5.95 Å². The minimum Gasteiger partial charge on any atom is -0.313 e. The Morgan fingerprint density at radius 1 is 0.882 bits per heavy atom. The molecule has 3 rings (SSSR count). The van der Waals surface area contributed by atoms with E-state index in [2.05, 4.69) is 0 Å². The summed E-state index contributed by atoms with van der Waals surface area (Å²) in [6.45, 7) is 0.570. The van der Waals surface area contributed by atoms with Crippen LogP contribution in [0.5, 0.6) is 0 Å². The highest BCUT2D eigenvalue weighted by molar-refractivity contribution is 5.80. The van der Waals surface area contributed by atoms with Crippen molar-refractivity contribution in [3.63, 3.8) is 0 Å². The second-order valence-electron chi connectivity index (χ2n) is 4.10. The number of para-hydroxylation sites is 1. The van der Waals surface area contributed by atoms with Crippen LogP contribution >= 0.6 is 0 Å². The quantitative estimate of drug-likeness (QED) is 0.624. The van der Waals surface area contributed by atoms with E-state index in [1.165, 1.54) is 0 Å². The first-order chi connectivity index (χ1) is 8.34. The molecule has 0 fully saturated rings. The molecular formula is C15H12FN. The molecule has 2 aromatic carbocycles. The number of fused-ring (bicyclic) bond motifs is 1. The number of hydrogen-bond acceptors (Lipinski definition) is 0. The average Bonchev–Trinajstić information content (AvgIpc) is 2.68. The molecule has 17 heavy (non-hydrogen) atoms. The van der Waals surface area contributed by atoms with Crippen molar-refractivity contribution in [2.75, 3.05) is 0 Å². The van der Waals surface area contributed by atoms with Crippen LogP contribution in [0.25, 0.3) is 10.9 Å². The molecule has 0 spiro atoms. The first kappa shape index (κ1) is 10.1. The van der Waals surface area contributed by atoms with Crippen molar-refractivity contribution in [1.29, 1.82) is 0 Å². The second-order valence-corrected chi connectivity index (χ2v) is 4.10. The lowest BCUT2D eigenvalue weighted by atomic mass is 10.2. The Morgan fingerprint density at radius 2 is 1.59 bits per heavy atom. The number of aromatic nitrogens is 1. The van der Waals surface area contributed by atoms with Gasteiger partial charge in [-0.3, -0.25) is 0 Å². The molecule has 1 aromatic heterocycles. The van der Waals surface area contributed by atoms with Gasteiger partial charge in [-0.2, -0.15) is 4.39 Å². The molecule has 2 heteroatoms. The predicted molar refractivity (Wildman–Crippen MR) is 67.4 cm³/mol. The number of benzene rings is 2. The zero-order chi connectivity index (χ0) is 11.7. The third kappa shape index (κ3) is 1.82. The summed E-state index contributed by atoms with van der Waals surface area (Å²) in [6.07, 6.45) is 0.